The number of halogens is 1. The van der Waals surface area contributed by atoms with Crippen molar-refractivity contribution in [1.29, 1.82) is 0 Å². The molecule has 0 aliphatic carbocycles. The van der Waals surface area contributed by atoms with Gasteiger partial charge in [-0.05, 0) is 51.6 Å². The summed E-state index contributed by atoms with van der Waals surface area (Å²) in [6.45, 7) is 0. The molecule has 7 heteroatoms. The van der Waals surface area contributed by atoms with Gasteiger partial charge in [0.15, 0.2) is 10.6 Å². The van der Waals surface area contributed by atoms with Crippen molar-refractivity contribution in [3.8, 4) is 17.2 Å². The van der Waals surface area contributed by atoms with Gasteiger partial charge in [-0.25, -0.2) is 0 Å². The Kier molecular flexibility index (Phi) is 5.05. The van der Waals surface area contributed by atoms with Gasteiger partial charge < -0.3 is 13.7 Å². The lowest BCUT2D eigenvalue weighted by Gasteiger charge is -2.13. The molecule has 0 unspecified atom stereocenters. The Labute approximate surface area is 159 Å². The maximum Gasteiger partial charge on any atom is 0.343 e. The summed E-state index contributed by atoms with van der Waals surface area (Å²) in [5.74, 6) is 0.858. The largest absolute Gasteiger partial charge is 0.497 e. The molecule has 0 aromatic heterocycles. The van der Waals surface area contributed by atoms with Crippen LogP contribution in [0.25, 0.3) is 10.8 Å². The van der Waals surface area contributed by atoms with Crippen LogP contribution in [0.15, 0.2) is 59.5 Å². The Morgan fingerprint density at radius 2 is 1.60 bits per heavy atom. The zero-order chi connectivity index (χ0) is 18.0. The van der Waals surface area contributed by atoms with Crippen LogP contribution < -0.4 is 13.7 Å². The number of hydrogen-bond donors (Lipinski definition) is 0. The van der Waals surface area contributed by atoms with Crippen LogP contribution in [0.3, 0.4) is 0 Å². The molecule has 0 fully saturated rings. The molecule has 5 nitrogen and oxygen atoms in total. The second-order valence-corrected chi connectivity index (χ2v) is 7.75. The first-order valence-electron chi connectivity index (χ1n) is 7.30. The van der Waals surface area contributed by atoms with Crippen molar-refractivity contribution in [2.75, 3.05) is 14.2 Å². The lowest BCUT2D eigenvalue weighted by molar-refractivity contribution is 0.388. The van der Waals surface area contributed by atoms with E-state index < -0.39 is 10.1 Å². The van der Waals surface area contributed by atoms with Gasteiger partial charge in [-0.3, -0.25) is 0 Å². The highest BCUT2D eigenvalue weighted by Crippen LogP contribution is 2.34. The van der Waals surface area contributed by atoms with E-state index in [0.29, 0.717) is 5.75 Å². The van der Waals surface area contributed by atoms with Crippen LogP contribution in [0, 0.1) is 3.57 Å². The van der Waals surface area contributed by atoms with E-state index in [1.54, 1.807) is 12.1 Å². The summed E-state index contributed by atoms with van der Waals surface area (Å²) in [7, 11) is -1.22. The van der Waals surface area contributed by atoms with Crippen molar-refractivity contribution in [2.45, 2.75) is 4.90 Å². The molecule has 0 saturated heterocycles. The molecule has 3 rings (SSSR count). The fourth-order valence-corrected chi connectivity index (χ4v) is 4.47. The minimum absolute atomic E-state index is 0.0849. The van der Waals surface area contributed by atoms with Crippen LogP contribution in [0.4, 0.5) is 0 Å². The third-order valence-electron chi connectivity index (χ3n) is 3.67. The quantitative estimate of drug-likeness (QED) is 0.413. The average molecular weight is 470 g/mol. The van der Waals surface area contributed by atoms with Gasteiger partial charge in [0, 0.05) is 6.07 Å². The molecule has 0 atom stereocenters. The Hall–Kier alpha value is -2.00. The number of fused-ring (bicyclic) bond motifs is 1. The Balaban J connectivity index is 2.07. The fourth-order valence-electron chi connectivity index (χ4n) is 2.42. The van der Waals surface area contributed by atoms with Crippen molar-refractivity contribution in [3.63, 3.8) is 0 Å². The van der Waals surface area contributed by atoms with Gasteiger partial charge in [-0.2, -0.15) is 8.42 Å². The molecule has 3 aromatic rings. The Bertz CT molecular complexity index is 1030. The zero-order valence-corrected chi connectivity index (χ0v) is 16.5. The van der Waals surface area contributed by atoms with E-state index in [4.69, 9.17) is 13.7 Å². The van der Waals surface area contributed by atoms with E-state index in [9.17, 15) is 8.42 Å². The zero-order valence-electron chi connectivity index (χ0n) is 13.5. The predicted octanol–water partition coefficient (Wildman–Crippen LogP) is 4.23. The highest BCUT2D eigenvalue weighted by atomic mass is 127. The monoisotopic (exact) mass is 470 g/mol. The molecular formula is C18H15IO5S. The van der Waals surface area contributed by atoms with Crippen LogP contribution >= 0.6 is 22.6 Å². The Morgan fingerprint density at radius 1 is 0.880 bits per heavy atom. The minimum atomic E-state index is -4.09. The lowest BCUT2D eigenvalue weighted by Crippen LogP contribution is -2.12. The average Bonchev–Trinajstić information content (AvgIpc) is 2.63. The molecule has 0 aliphatic heterocycles. The van der Waals surface area contributed by atoms with Crippen LogP contribution in [0.5, 0.6) is 17.2 Å². The van der Waals surface area contributed by atoms with E-state index >= 15 is 0 Å². The molecule has 0 aliphatic rings. The third kappa shape index (κ3) is 3.52. The number of ether oxygens (including phenoxy) is 2. The predicted molar refractivity (Wildman–Crippen MR) is 104 cm³/mol. The van der Waals surface area contributed by atoms with Crippen molar-refractivity contribution in [2.24, 2.45) is 0 Å². The van der Waals surface area contributed by atoms with Gasteiger partial charge in [0.1, 0.15) is 11.5 Å². The summed E-state index contributed by atoms with van der Waals surface area (Å²) in [4.78, 5) is -0.0849. The van der Waals surface area contributed by atoms with E-state index in [2.05, 4.69) is 22.6 Å². The number of benzene rings is 3. The topological polar surface area (TPSA) is 61.8 Å². The molecule has 0 spiro atoms. The molecule has 0 N–H and O–H groups in total. The van der Waals surface area contributed by atoms with Crippen LogP contribution in [-0.4, -0.2) is 22.6 Å². The number of rotatable bonds is 5. The highest BCUT2D eigenvalue weighted by Gasteiger charge is 2.24. The van der Waals surface area contributed by atoms with Gasteiger partial charge in [0.05, 0.1) is 17.8 Å². The second-order valence-electron chi connectivity index (χ2n) is 5.15. The molecule has 25 heavy (non-hydrogen) atoms. The molecule has 0 amide bonds. The Morgan fingerprint density at radius 3 is 2.32 bits per heavy atom. The van der Waals surface area contributed by atoms with E-state index in [0.717, 1.165) is 14.3 Å². The van der Waals surface area contributed by atoms with Crippen molar-refractivity contribution in [1.82, 2.24) is 0 Å². The molecule has 0 saturated carbocycles. The van der Waals surface area contributed by atoms with Gasteiger partial charge in [0.2, 0.25) is 0 Å². The summed E-state index contributed by atoms with van der Waals surface area (Å²) in [5.41, 5.74) is 0. The smallest absolute Gasteiger partial charge is 0.343 e. The van der Waals surface area contributed by atoms with Crippen LogP contribution in [0.1, 0.15) is 0 Å². The SMILES string of the molecule is COc1ccc(OC)c(S(=O)(=O)Oc2ccc3ccccc3c2I)c1. The van der Waals surface area contributed by atoms with Gasteiger partial charge >= 0.3 is 10.1 Å². The van der Waals surface area contributed by atoms with E-state index in [1.807, 2.05) is 30.3 Å². The maximum absolute atomic E-state index is 12.8. The van der Waals surface area contributed by atoms with Gasteiger partial charge in [-0.1, -0.05) is 30.3 Å². The van der Waals surface area contributed by atoms with Crippen LogP contribution in [-0.2, 0) is 10.1 Å². The van der Waals surface area contributed by atoms with Crippen molar-refractivity contribution < 1.29 is 22.1 Å². The number of methoxy groups -OCH3 is 2. The number of hydrogen-bond acceptors (Lipinski definition) is 5. The van der Waals surface area contributed by atoms with Crippen molar-refractivity contribution in [3.05, 3.63) is 58.2 Å². The summed E-state index contributed by atoms with van der Waals surface area (Å²) in [5, 5.41) is 1.93. The van der Waals surface area contributed by atoms with Gasteiger partial charge in [-0.15, -0.1) is 0 Å². The molecular weight excluding hydrogens is 455 g/mol. The highest BCUT2D eigenvalue weighted by molar-refractivity contribution is 14.1. The molecule has 0 bridgehead atoms. The fraction of sp³-hybridized carbons (Fsp3) is 0.111. The second kappa shape index (κ2) is 7.09. The van der Waals surface area contributed by atoms with E-state index in [-0.39, 0.29) is 16.4 Å². The summed E-state index contributed by atoms with van der Waals surface area (Å²) in [6, 6.07) is 15.7. The summed E-state index contributed by atoms with van der Waals surface area (Å²) in [6.07, 6.45) is 0. The molecule has 3 aromatic carbocycles. The first-order valence-corrected chi connectivity index (χ1v) is 9.79. The molecule has 0 radical (unpaired) electrons. The van der Waals surface area contributed by atoms with E-state index in [1.165, 1.54) is 26.4 Å². The summed E-state index contributed by atoms with van der Waals surface area (Å²) < 4.78 is 41.9. The minimum Gasteiger partial charge on any atom is -0.497 e. The third-order valence-corrected chi connectivity index (χ3v) is 6.04. The lowest BCUT2D eigenvalue weighted by atomic mass is 10.1. The first-order chi connectivity index (χ1) is 12.0. The first kappa shape index (κ1) is 17.8. The standard InChI is InChI=1S/C18H15IO5S/c1-22-13-8-10-15(23-2)17(11-13)25(20,21)24-16-9-7-12-5-3-4-6-14(12)18(16)19/h3-11H,1-2H3. The molecule has 0 heterocycles. The van der Waals surface area contributed by atoms with Crippen LogP contribution in [0.2, 0.25) is 0 Å². The normalized spacial score (nSPS) is 11.3. The van der Waals surface area contributed by atoms with Gasteiger partial charge in [0.25, 0.3) is 0 Å². The maximum atomic E-state index is 12.8. The summed E-state index contributed by atoms with van der Waals surface area (Å²) >= 11 is 2.08. The molecule has 130 valence electrons. The van der Waals surface area contributed by atoms with Crippen molar-refractivity contribution >= 4 is 43.5 Å².